The van der Waals surface area contributed by atoms with E-state index in [-0.39, 0.29) is 17.9 Å². The van der Waals surface area contributed by atoms with E-state index >= 15 is 0 Å². The summed E-state index contributed by atoms with van der Waals surface area (Å²) >= 11 is 5.71. The van der Waals surface area contributed by atoms with Crippen molar-refractivity contribution in [1.82, 2.24) is 0 Å². The zero-order chi connectivity index (χ0) is 12.8. The summed E-state index contributed by atoms with van der Waals surface area (Å²) in [5.74, 6) is -1.42. The van der Waals surface area contributed by atoms with E-state index in [1.54, 1.807) is 12.1 Å². The maximum atomic E-state index is 10.9. The number of aromatic carboxylic acids is 1. The molecule has 1 rings (SSSR count). The maximum absolute atomic E-state index is 10.9. The van der Waals surface area contributed by atoms with Crippen LogP contribution in [0, 0.1) is 0 Å². The predicted octanol–water partition coefficient (Wildman–Crippen LogP) is 1.72. The summed E-state index contributed by atoms with van der Waals surface area (Å²) in [6.45, 7) is 0.477. The minimum Gasteiger partial charge on any atom is -0.478 e. The normalized spacial score (nSPS) is 9.94. The first-order valence-electron chi connectivity index (χ1n) is 5.05. The Kier molecular flexibility index (Phi) is 4.78. The summed E-state index contributed by atoms with van der Waals surface area (Å²) in [5, 5.41) is 12.3. The third-order valence-corrected chi connectivity index (χ3v) is 2.36. The molecule has 1 aromatic carbocycles. The lowest BCUT2D eigenvalue weighted by molar-refractivity contribution is -0.118. The molecule has 0 aromatic heterocycles. The van der Waals surface area contributed by atoms with Crippen molar-refractivity contribution >= 4 is 29.2 Å². The molecule has 0 spiro atoms. The highest BCUT2D eigenvalue weighted by molar-refractivity contribution is 6.31. The summed E-state index contributed by atoms with van der Waals surface area (Å²) in [6, 6.07) is 4.57. The molecule has 0 unspecified atom stereocenters. The van der Waals surface area contributed by atoms with Crippen molar-refractivity contribution in [2.45, 2.75) is 12.8 Å². The van der Waals surface area contributed by atoms with Gasteiger partial charge in [-0.25, -0.2) is 4.79 Å². The summed E-state index contributed by atoms with van der Waals surface area (Å²) in [4.78, 5) is 21.5. The van der Waals surface area contributed by atoms with Crippen LogP contribution in [0.2, 0.25) is 5.02 Å². The van der Waals surface area contributed by atoms with Gasteiger partial charge in [0.25, 0.3) is 0 Å². The highest BCUT2D eigenvalue weighted by Gasteiger charge is 2.10. The van der Waals surface area contributed by atoms with Gasteiger partial charge in [0.2, 0.25) is 5.91 Å². The molecule has 6 heteroatoms. The van der Waals surface area contributed by atoms with Crippen LogP contribution in [-0.2, 0) is 4.79 Å². The summed E-state index contributed by atoms with van der Waals surface area (Å²) in [7, 11) is 0. The highest BCUT2D eigenvalue weighted by atomic mass is 35.5. The number of nitrogens with two attached hydrogens (primary N) is 1. The number of carboxylic acids is 1. The Hall–Kier alpha value is -1.75. The van der Waals surface area contributed by atoms with Crippen molar-refractivity contribution in [2.75, 3.05) is 11.9 Å². The number of nitrogens with one attached hydrogen (secondary N) is 1. The first kappa shape index (κ1) is 13.3. The van der Waals surface area contributed by atoms with Crippen LogP contribution in [0.3, 0.4) is 0 Å². The van der Waals surface area contributed by atoms with E-state index in [0.29, 0.717) is 23.7 Å². The molecular formula is C11H13ClN2O3. The van der Waals surface area contributed by atoms with E-state index in [4.69, 9.17) is 22.4 Å². The summed E-state index contributed by atoms with van der Waals surface area (Å²) in [5.41, 5.74) is 5.58. The molecule has 1 aromatic rings. The second-order valence-electron chi connectivity index (χ2n) is 3.49. The molecule has 0 saturated carbocycles. The Morgan fingerprint density at radius 1 is 1.41 bits per heavy atom. The predicted molar refractivity (Wildman–Crippen MR) is 65.3 cm³/mol. The Bertz CT molecular complexity index is 435. The van der Waals surface area contributed by atoms with E-state index < -0.39 is 5.97 Å². The molecule has 0 radical (unpaired) electrons. The Morgan fingerprint density at radius 3 is 2.71 bits per heavy atom. The van der Waals surface area contributed by atoms with Crippen LogP contribution in [-0.4, -0.2) is 23.5 Å². The number of halogens is 1. The third-order valence-electron chi connectivity index (χ3n) is 2.13. The number of benzene rings is 1. The number of carbonyl (C=O) groups excluding carboxylic acids is 1. The lowest BCUT2D eigenvalue weighted by atomic mass is 10.1. The van der Waals surface area contributed by atoms with E-state index in [1.165, 1.54) is 6.07 Å². The second-order valence-corrected chi connectivity index (χ2v) is 3.93. The highest BCUT2D eigenvalue weighted by Crippen LogP contribution is 2.20. The van der Waals surface area contributed by atoms with Gasteiger partial charge in [0.15, 0.2) is 0 Å². The van der Waals surface area contributed by atoms with E-state index in [1.807, 2.05) is 0 Å². The van der Waals surface area contributed by atoms with Crippen molar-refractivity contribution in [1.29, 1.82) is 0 Å². The fourth-order valence-electron chi connectivity index (χ4n) is 1.33. The average molecular weight is 257 g/mol. The molecule has 1 amide bonds. The van der Waals surface area contributed by atoms with Gasteiger partial charge in [0.05, 0.1) is 5.56 Å². The van der Waals surface area contributed by atoms with Gasteiger partial charge < -0.3 is 16.2 Å². The van der Waals surface area contributed by atoms with Gasteiger partial charge in [-0.2, -0.15) is 0 Å². The Balaban J connectivity index is 2.64. The zero-order valence-electron chi connectivity index (χ0n) is 9.07. The quantitative estimate of drug-likeness (QED) is 0.676. The fourth-order valence-corrected chi connectivity index (χ4v) is 1.51. The van der Waals surface area contributed by atoms with Crippen LogP contribution in [0.1, 0.15) is 23.2 Å². The van der Waals surface area contributed by atoms with Crippen LogP contribution in [0.4, 0.5) is 5.69 Å². The SMILES string of the molecule is NC(=O)CCCNc1ccc(Cl)cc1C(=O)O. The average Bonchev–Trinajstić information content (AvgIpc) is 2.25. The van der Waals surface area contributed by atoms with Gasteiger partial charge in [-0.1, -0.05) is 11.6 Å². The van der Waals surface area contributed by atoms with Gasteiger partial charge in [0, 0.05) is 23.7 Å². The molecular weight excluding hydrogens is 244 g/mol. The fraction of sp³-hybridized carbons (Fsp3) is 0.273. The molecule has 0 saturated heterocycles. The van der Waals surface area contributed by atoms with Crippen molar-refractivity contribution in [3.63, 3.8) is 0 Å². The van der Waals surface area contributed by atoms with Gasteiger partial charge in [0.1, 0.15) is 0 Å². The van der Waals surface area contributed by atoms with E-state index in [9.17, 15) is 9.59 Å². The first-order chi connectivity index (χ1) is 8.00. The van der Waals surface area contributed by atoms with E-state index in [2.05, 4.69) is 5.32 Å². The van der Waals surface area contributed by atoms with Crippen molar-refractivity contribution < 1.29 is 14.7 Å². The number of hydrogen-bond donors (Lipinski definition) is 3. The van der Waals surface area contributed by atoms with Crippen molar-refractivity contribution in [2.24, 2.45) is 5.73 Å². The smallest absolute Gasteiger partial charge is 0.337 e. The molecule has 17 heavy (non-hydrogen) atoms. The number of amides is 1. The standard InChI is InChI=1S/C11H13ClN2O3/c12-7-3-4-9(8(6-7)11(16)17)14-5-1-2-10(13)15/h3-4,6,14H,1-2,5H2,(H2,13,15)(H,16,17). The topological polar surface area (TPSA) is 92.4 Å². The minimum atomic E-state index is -1.05. The van der Waals surface area contributed by atoms with Gasteiger partial charge in [-0.15, -0.1) is 0 Å². The first-order valence-corrected chi connectivity index (χ1v) is 5.43. The van der Waals surface area contributed by atoms with Gasteiger partial charge >= 0.3 is 5.97 Å². The van der Waals surface area contributed by atoms with Gasteiger partial charge in [-0.05, 0) is 24.6 Å². The molecule has 0 heterocycles. The zero-order valence-corrected chi connectivity index (χ0v) is 9.83. The number of rotatable bonds is 6. The van der Waals surface area contributed by atoms with Crippen LogP contribution >= 0.6 is 11.6 Å². The molecule has 0 atom stereocenters. The second kappa shape index (κ2) is 6.10. The van der Waals surface area contributed by atoms with Crippen molar-refractivity contribution in [3.05, 3.63) is 28.8 Å². The summed E-state index contributed by atoms with van der Waals surface area (Å²) < 4.78 is 0. The number of hydrogen-bond acceptors (Lipinski definition) is 3. The molecule has 5 nitrogen and oxygen atoms in total. The number of anilines is 1. The largest absolute Gasteiger partial charge is 0.478 e. The number of carbonyl (C=O) groups is 2. The van der Waals surface area contributed by atoms with Crippen LogP contribution in [0.25, 0.3) is 0 Å². The van der Waals surface area contributed by atoms with Gasteiger partial charge in [-0.3, -0.25) is 4.79 Å². The molecule has 92 valence electrons. The number of carboxylic acid groups (broad SMARTS) is 1. The monoisotopic (exact) mass is 256 g/mol. The third kappa shape index (κ3) is 4.32. The van der Waals surface area contributed by atoms with Crippen molar-refractivity contribution in [3.8, 4) is 0 Å². The lowest BCUT2D eigenvalue weighted by Gasteiger charge is -2.09. The molecule has 4 N–H and O–H groups in total. The Labute approximate surface area is 104 Å². The molecule has 0 bridgehead atoms. The maximum Gasteiger partial charge on any atom is 0.337 e. The molecule has 0 aliphatic rings. The van der Waals surface area contributed by atoms with E-state index in [0.717, 1.165) is 0 Å². The minimum absolute atomic E-state index is 0.108. The van der Waals surface area contributed by atoms with Crippen LogP contribution in [0.5, 0.6) is 0 Å². The number of primary amides is 1. The molecule has 0 aliphatic carbocycles. The summed E-state index contributed by atoms with van der Waals surface area (Å²) in [6.07, 6.45) is 0.819. The Morgan fingerprint density at radius 2 is 2.12 bits per heavy atom. The lowest BCUT2D eigenvalue weighted by Crippen LogP contribution is -2.13. The molecule has 0 fully saturated rings. The van der Waals surface area contributed by atoms with Crippen LogP contribution < -0.4 is 11.1 Å². The molecule has 0 aliphatic heterocycles. The van der Waals surface area contributed by atoms with Crippen LogP contribution in [0.15, 0.2) is 18.2 Å².